The largest absolute Gasteiger partial charge is 0.387 e. The lowest BCUT2D eigenvalue weighted by Gasteiger charge is -2.12. The molecule has 1 heterocycles. The number of nitrogens with one attached hydrogen (secondary N) is 1. The highest BCUT2D eigenvalue weighted by Gasteiger charge is 2.27. The molecule has 138 valence electrons. The van der Waals surface area contributed by atoms with Gasteiger partial charge in [-0.3, -0.25) is 4.79 Å². The zero-order valence-electron chi connectivity index (χ0n) is 14.7. The van der Waals surface area contributed by atoms with Gasteiger partial charge in [0, 0.05) is 22.8 Å². The Kier molecular flexibility index (Phi) is 4.97. The molecule has 1 amide bonds. The first-order chi connectivity index (χ1) is 13.1. The van der Waals surface area contributed by atoms with Gasteiger partial charge in [-0.1, -0.05) is 41.9 Å². The molecule has 1 atom stereocenters. The van der Waals surface area contributed by atoms with E-state index < -0.39 is 6.10 Å². The van der Waals surface area contributed by atoms with Crippen molar-refractivity contribution < 1.29 is 9.90 Å². The molecule has 27 heavy (non-hydrogen) atoms. The van der Waals surface area contributed by atoms with Crippen LogP contribution in [0.2, 0.25) is 5.02 Å². The minimum absolute atomic E-state index is 0.118. The van der Waals surface area contributed by atoms with Crippen molar-refractivity contribution in [1.82, 2.24) is 15.1 Å². The number of amides is 1. The van der Waals surface area contributed by atoms with E-state index in [-0.39, 0.29) is 12.5 Å². The van der Waals surface area contributed by atoms with Gasteiger partial charge in [-0.2, -0.15) is 5.10 Å². The van der Waals surface area contributed by atoms with Crippen LogP contribution in [0.25, 0.3) is 5.69 Å². The molecule has 0 saturated carbocycles. The van der Waals surface area contributed by atoms with Gasteiger partial charge in [0.2, 0.25) is 0 Å². The van der Waals surface area contributed by atoms with Crippen molar-refractivity contribution in [2.24, 2.45) is 0 Å². The molecule has 2 N–H and O–H groups in total. The van der Waals surface area contributed by atoms with Gasteiger partial charge >= 0.3 is 0 Å². The molecule has 0 saturated heterocycles. The van der Waals surface area contributed by atoms with Gasteiger partial charge < -0.3 is 10.4 Å². The molecule has 0 fully saturated rings. The Morgan fingerprint density at radius 3 is 2.63 bits per heavy atom. The van der Waals surface area contributed by atoms with Crippen molar-refractivity contribution in [1.29, 1.82) is 0 Å². The van der Waals surface area contributed by atoms with Crippen molar-refractivity contribution in [3.63, 3.8) is 0 Å². The first kappa shape index (κ1) is 17.8. The lowest BCUT2D eigenvalue weighted by Crippen LogP contribution is -2.29. The van der Waals surface area contributed by atoms with Gasteiger partial charge in [0.1, 0.15) is 0 Å². The number of benzene rings is 2. The van der Waals surface area contributed by atoms with E-state index in [1.165, 1.54) is 0 Å². The van der Waals surface area contributed by atoms with Crippen LogP contribution in [0, 0.1) is 0 Å². The van der Waals surface area contributed by atoms with E-state index in [0.717, 1.165) is 36.2 Å². The molecule has 6 heteroatoms. The topological polar surface area (TPSA) is 67.2 Å². The molecular formula is C21H20ClN3O2. The maximum absolute atomic E-state index is 12.7. The highest BCUT2D eigenvalue weighted by molar-refractivity contribution is 6.30. The molecule has 1 aliphatic rings. The Hall–Kier alpha value is -2.63. The van der Waals surface area contributed by atoms with Crippen LogP contribution in [-0.4, -0.2) is 27.3 Å². The van der Waals surface area contributed by atoms with E-state index >= 15 is 0 Å². The number of nitrogens with zero attached hydrogens (tertiary/aromatic N) is 2. The van der Waals surface area contributed by atoms with Gasteiger partial charge in [0.25, 0.3) is 5.91 Å². The number of hydrogen-bond acceptors (Lipinski definition) is 3. The van der Waals surface area contributed by atoms with Gasteiger partial charge in [0.15, 0.2) is 5.69 Å². The number of carbonyl (C=O) groups excluding carboxylic acids is 1. The summed E-state index contributed by atoms with van der Waals surface area (Å²) in [6.07, 6.45) is 1.99. The molecule has 0 aliphatic heterocycles. The fourth-order valence-electron chi connectivity index (χ4n) is 3.48. The Labute approximate surface area is 162 Å². The number of halogens is 1. The van der Waals surface area contributed by atoms with E-state index in [0.29, 0.717) is 16.3 Å². The normalized spacial score (nSPS) is 14.0. The minimum Gasteiger partial charge on any atom is -0.387 e. The van der Waals surface area contributed by atoms with Crippen LogP contribution in [-0.2, 0) is 12.8 Å². The van der Waals surface area contributed by atoms with Crippen molar-refractivity contribution in [3.05, 3.63) is 82.1 Å². The summed E-state index contributed by atoms with van der Waals surface area (Å²) in [5.74, 6) is -0.254. The second-order valence-electron chi connectivity index (χ2n) is 6.65. The van der Waals surface area contributed by atoms with E-state index in [4.69, 9.17) is 11.6 Å². The van der Waals surface area contributed by atoms with Gasteiger partial charge in [0.05, 0.1) is 11.8 Å². The third kappa shape index (κ3) is 3.61. The molecule has 5 nitrogen and oxygen atoms in total. The summed E-state index contributed by atoms with van der Waals surface area (Å²) in [7, 11) is 0. The predicted molar refractivity (Wildman–Crippen MR) is 104 cm³/mol. The summed E-state index contributed by atoms with van der Waals surface area (Å²) < 4.78 is 1.87. The molecular weight excluding hydrogens is 362 g/mol. The van der Waals surface area contributed by atoms with Crippen molar-refractivity contribution in [3.8, 4) is 5.69 Å². The third-order valence-corrected chi connectivity index (χ3v) is 5.11. The monoisotopic (exact) mass is 381 g/mol. The lowest BCUT2D eigenvalue weighted by atomic mass is 10.1. The Morgan fingerprint density at radius 1 is 1.15 bits per heavy atom. The van der Waals surface area contributed by atoms with Crippen LogP contribution in [0.4, 0.5) is 0 Å². The van der Waals surface area contributed by atoms with E-state index in [1.807, 2.05) is 35.0 Å². The van der Waals surface area contributed by atoms with Crippen LogP contribution in [0.15, 0.2) is 54.6 Å². The summed E-state index contributed by atoms with van der Waals surface area (Å²) in [6.45, 7) is 0.118. The van der Waals surface area contributed by atoms with Crippen LogP contribution < -0.4 is 5.32 Å². The van der Waals surface area contributed by atoms with Crippen LogP contribution >= 0.6 is 11.6 Å². The fraction of sp³-hybridized carbons (Fsp3) is 0.238. The minimum atomic E-state index is -0.796. The number of rotatable bonds is 5. The van der Waals surface area contributed by atoms with Crippen LogP contribution in [0.1, 0.15) is 39.8 Å². The van der Waals surface area contributed by atoms with Crippen molar-refractivity contribution in [2.75, 3.05) is 6.54 Å². The summed E-state index contributed by atoms with van der Waals surface area (Å²) >= 11 is 5.87. The van der Waals surface area contributed by atoms with Crippen LogP contribution in [0.5, 0.6) is 0 Å². The maximum atomic E-state index is 12.7. The summed E-state index contributed by atoms with van der Waals surface area (Å²) in [5, 5.41) is 18.3. The number of aliphatic hydroxyl groups excluding tert-OH is 1. The fourth-order valence-corrected chi connectivity index (χ4v) is 3.60. The van der Waals surface area contributed by atoms with Gasteiger partial charge in [-0.15, -0.1) is 0 Å². The number of carbonyl (C=O) groups is 1. The van der Waals surface area contributed by atoms with E-state index in [1.54, 1.807) is 24.3 Å². The highest BCUT2D eigenvalue weighted by atomic mass is 35.5. The standard InChI is InChI=1S/C21H20ClN3O2/c22-15-11-9-14(10-12-15)19(26)13-23-21(27)20-17-7-4-8-18(17)25(24-20)16-5-2-1-3-6-16/h1-3,5-6,9-12,19,26H,4,7-8,13H2,(H,23,27). The molecule has 0 bridgehead atoms. The predicted octanol–water partition coefficient (Wildman–Crippen LogP) is 3.48. The van der Waals surface area contributed by atoms with E-state index in [2.05, 4.69) is 10.4 Å². The van der Waals surface area contributed by atoms with Crippen molar-refractivity contribution >= 4 is 17.5 Å². The average Bonchev–Trinajstić information content (AvgIpc) is 3.30. The second kappa shape index (κ2) is 7.55. The first-order valence-corrected chi connectivity index (χ1v) is 9.39. The molecule has 1 aromatic heterocycles. The quantitative estimate of drug-likeness (QED) is 0.711. The maximum Gasteiger partial charge on any atom is 0.272 e. The molecule has 4 rings (SSSR count). The second-order valence-corrected chi connectivity index (χ2v) is 7.09. The van der Waals surface area contributed by atoms with Gasteiger partial charge in [-0.25, -0.2) is 4.68 Å². The zero-order valence-corrected chi connectivity index (χ0v) is 15.5. The highest BCUT2D eigenvalue weighted by Crippen LogP contribution is 2.27. The van der Waals surface area contributed by atoms with Crippen LogP contribution in [0.3, 0.4) is 0 Å². The Bertz CT molecular complexity index is 952. The SMILES string of the molecule is O=C(NCC(O)c1ccc(Cl)cc1)c1nn(-c2ccccc2)c2c1CCC2. The third-order valence-electron chi connectivity index (χ3n) is 4.86. The number of aliphatic hydroxyl groups is 1. The number of aromatic nitrogens is 2. The Morgan fingerprint density at radius 2 is 1.89 bits per heavy atom. The average molecular weight is 382 g/mol. The lowest BCUT2D eigenvalue weighted by molar-refractivity contribution is 0.0910. The summed E-state index contributed by atoms with van der Waals surface area (Å²) in [6, 6.07) is 16.8. The number of para-hydroxylation sites is 1. The summed E-state index contributed by atoms with van der Waals surface area (Å²) in [5.41, 5.74) is 4.23. The Balaban J connectivity index is 1.52. The molecule has 2 aromatic carbocycles. The van der Waals surface area contributed by atoms with E-state index in [9.17, 15) is 9.90 Å². The molecule has 0 radical (unpaired) electrons. The number of fused-ring (bicyclic) bond motifs is 1. The van der Waals surface area contributed by atoms with Gasteiger partial charge in [-0.05, 0) is 49.1 Å². The smallest absolute Gasteiger partial charge is 0.272 e. The molecule has 0 spiro atoms. The molecule has 1 aliphatic carbocycles. The molecule has 1 unspecified atom stereocenters. The zero-order chi connectivity index (χ0) is 18.8. The molecule has 3 aromatic rings. The number of hydrogen-bond donors (Lipinski definition) is 2. The summed E-state index contributed by atoms with van der Waals surface area (Å²) in [4.78, 5) is 12.7. The van der Waals surface area contributed by atoms with Crippen molar-refractivity contribution in [2.45, 2.75) is 25.4 Å². The first-order valence-electron chi connectivity index (χ1n) is 9.01.